The third-order valence-corrected chi connectivity index (χ3v) is 5.53. The van der Waals surface area contributed by atoms with Gasteiger partial charge in [-0.1, -0.05) is 30.3 Å². The number of carbonyl (C=O) groups is 1. The number of rotatable bonds is 5. The lowest BCUT2D eigenvalue weighted by Gasteiger charge is -2.30. The van der Waals surface area contributed by atoms with E-state index in [0.717, 1.165) is 41.6 Å². The molecular weight excluding hydrogens is 324 g/mol. The van der Waals surface area contributed by atoms with E-state index in [-0.39, 0.29) is 17.9 Å². The second-order valence-corrected chi connectivity index (χ2v) is 6.96. The Morgan fingerprint density at radius 1 is 1.19 bits per heavy atom. The minimum Gasteiger partial charge on any atom is -0.497 e. The highest BCUT2D eigenvalue weighted by Gasteiger charge is 2.33. The molecule has 4 heteroatoms. The van der Waals surface area contributed by atoms with Crippen LogP contribution in [0.15, 0.2) is 54.7 Å². The molecule has 0 radical (unpaired) electrons. The van der Waals surface area contributed by atoms with Crippen molar-refractivity contribution < 1.29 is 9.53 Å². The van der Waals surface area contributed by atoms with Crippen LogP contribution in [0, 0.1) is 0 Å². The topological polar surface area (TPSA) is 45.3 Å². The SMILES string of the molecule is COc1ccc([C@@H]2CCCN2[C@H](C)C(=O)c2c[nH]c3ccccc23)cc1. The minimum absolute atomic E-state index is 0.149. The van der Waals surface area contributed by atoms with Crippen LogP contribution in [-0.2, 0) is 0 Å². The van der Waals surface area contributed by atoms with Crippen LogP contribution in [-0.4, -0.2) is 35.4 Å². The molecule has 0 saturated carbocycles. The van der Waals surface area contributed by atoms with E-state index >= 15 is 0 Å². The molecule has 0 unspecified atom stereocenters. The lowest BCUT2D eigenvalue weighted by molar-refractivity contribution is 0.0821. The number of ether oxygens (including phenoxy) is 1. The highest BCUT2D eigenvalue weighted by molar-refractivity contribution is 6.10. The second-order valence-electron chi connectivity index (χ2n) is 6.96. The van der Waals surface area contributed by atoms with E-state index in [9.17, 15) is 4.79 Å². The van der Waals surface area contributed by atoms with Crippen molar-refractivity contribution >= 4 is 16.7 Å². The van der Waals surface area contributed by atoms with E-state index < -0.39 is 0 Å². The van der Waals surface area contributed by atoms with E-state index in [2.05, 4.69) is 22.0 Å². The van der Waals surface area contributed by atoms with Crippen molar-refractivity contribution in [1.29, 1.82) is 0 Å². The number of hydrogen-bond acceptors (Lipinski definition) is 3. The van der Waals surface area contributed by atoms with Crippen molar-refractivity contribution in [2.75, 3.05) is 13.7 Å². The quantitative estimate of drug-likeness (QED) is 0.686. The molecule has 1 aliphatic heterocycles. The molecule has 1 N–H and O–H groups in total. The van der Waals surface area contributed by atoms with Gasteiger partial charge >= 0.3 is 0 Å². The maximum Gasteiger partial charge on any atom is 0.181 e. The fourth-order valence-corrected chi connectivity index (χ4v) is 4.09. The summed E-state index contributed by atoms with van der Waals surface area (Å²) in [6.07, 6.45) is 4.04. The van der Waals surface area contributed by atoms with Gasteiger partial charge in [0.2, 0.25) is 0 Å². The summed E-state index contributed by atoms with van der Waals surface area (Å²) in [6.45, 7) is 2.98. The molecule has 2 atom stereocenters. The predicted molar refractivity (Wildman–Crippen MR) is 104 cm³/mol. The molecule has 1 fully saturated rings. The van der Waals surface area contributed by atoms with Gasteiger partial charge in [0.1, 0.15) is 5.75 Å². The highest BCUT2D eigenvalue weighted by Crippen LogP contribution is 2.35. The van der Waals surface area contributed by atoms with Gasteiger partial charge in [-0.15, -0.1) is 0 Å². The first kappa shape index (κ1) is 16.9. The molecule has 2 aromatic carbocycles. The molecule has 1 saturated heterocycles. The Bertz CT molecular complexity index is 913. The van der Waals surface area contributed by atoms with Crippen LogP contribution < -0.4 is 4.74 Å². The van der Waals surface area contributed by atoms with Gasteiger partial charge in [-0.3, -0.25) is 9.69 Å². The van der Waals surface area contributed by atoms with Gasteiger partial charge < -0.3 is 9.72 Å². The number of ketones is 1. The zero-order valence-electron chi connectivity index (χ0n) is 15.2. The molecule has 1 aliphatic rings. The number of nitrogens with zero attached hydrogens (tertiary/aromatic N) is 1. The van der Waals surface area contributed by atoms with Crippen LogP contribution in [0.4, 0.5) is 0 Å². The molecule has 0 amide bonds. The van der Waals surface area contributed by atoms with Crippen molar-refractivity contribution in [3.63, 3.8) is 0 Å². The number of fused-ring (bicyclic) bond motifs is 1. The molecule has 0 bridgehead atoms. The van der Waals surface area contributed by atoms with Crippen LogP contribution in [0.5, 0.6) is 5.75 Å². The zero-order valence-corrected chi connectivity index (χ0v) is 15.2. The lowest BCUT2D eigenvalue weighted by atomic mass is 9.99. The molecule has 3 aromatic rings. The maximum atomic E-state index is 13.2. The number of likely N-dealkylation sites (tertiary alicyclic amines) is 1. The van der Waals surface area contributed by atoms with Crippen molar-refractivity contribution in [3.8, 4) is 5.75 Å². The van der Waals surface area contributed by atoms with Gasteiger partial charge in [-0.2, -0.15) is 0 Å². The van der Waals surface area contributed by atoms with E-state index in [0.29, 0.717) is 0 Å². The molecule has 2 heterocycles. The molecule has 4 nitrogen and oxygen atoms in total. The number of Topliss-reactive ketones (excluding diaryl/α,β-unsaturated/α-hetero) is 1. The van der Waals surface area contributed by atoms with Crippen LogP contribution in [0.25, 0.3) is 10.9 Å². The van der Waals surface area contributed by atoms with Crippen molar-refractivity contribution in [2.24, 2.45) is 0 Å². The summed E-state index contributed by atoms with van der Waals surface area (Å²) in [5.41, 5.74) is 3.05. The molecule has 0 aliphatic carbocycles. The summed E-state index contributed by atoms with van der Waals surface area (Å²) in [7, 11) is 1.68. The number of para-hydroxylation sites is 1. The smallest absolute Gasteiger partial charge is 0.181 e. The predicted octanol–water partition coefficient (Wildman–Crippen LogP) is 4.58. The van der Waals surface area contributed by atoms with Crippen molar-refractivity contribution in [2.45, 2.75) is 31.8 Å². The largest absolute Gasteiger partial charge is 0.497 e. The van der Waals surface area contributed by atoms with Gasteiger partial charge in [-0.25, -0.2) is 0 Å². The number of carbonyl (C=O) groups excluding carboxylic acids is 1. The number of benzene rings is 2. The Labute approximate surface area is 153 Å². The average Bonchev–Trinajstić information content (AvgIpc) is 3.34. The average molecular weight is 348 g/mol. The first-order chi connectivity index (χ1) is 12.7. The third kappa shape index (κ3) is 2.90. The van der Waals surface area contributed by atoms with Crippen LogP contribution >= 0.6 is 0 Å². The first-order valence-corrected chi connectivity index (χ1v) is 9.19. The van der Waals surface area contributed by atoms with Gasteiger partial charge in [-0.05, 0) is 50.1 Å². The summed E-state index contributed by atoms with van der Waals surface area (Å²) in [5, 5.41) is 1.00. The normalized spacial score (nSPS) is 18.9. The Kier molecular flexibility index (Phi) is 4.51. The summed E-state index contributed by atoms with van der Waals surface area (Å²) < 4.78 is 5.26. The molecular formula is C22H24N2O2. The Hall–Kier alpha value is -2.59. The summed E-state index contributed by atoms with van der Waals surface area (Å²) in [4.78, 5) is 18.8. The second kappa shape index (κ2) is 6.96. The van der Waals surface area contributed by atoms with Gasteiger partial charge in [0.15, 0.2) is 5.78 Å². The van der Waals surface area contributed by atoms with Gasteiger partial charge in [0.05, 0.1) is 13.2 Å². The highest BCUT2D eigenvalue weighted by atomic mass is 16.5. The Balaban J connectivity index is 1.59. The number of aromatic amines is 1. The maximum absolute atomic E-state index is 13.2. The van der Waals surface area contributed by atoms with Crippen LogP contribution in [0.2, 0.25) is 0 Å². The van der Waals surface area contributed by atoms with Crippen LogP contribution in [0.1, 0.15) is 41.7 Å². The lowest BCUT2D eigenvalue weighted by Crippen LogP contribution is -2.38. The summed E-state index contributed by atoms with van der Waals surface area (Å²) in [6, 6.07) is 16.3. The number of hydrogen-bond donors (Lipinski definition) is 1. The van der Waals surface area contributed by atoms with Crippen LogP contribution in [0.3, 0.4) is 0 Å². The Morgan fingerprint density at radius 3 is 2.73 bits per heavy atom. The molecule has 4 rings (SSSR count). The van der Waals surface area contributed by atoms with Crippen molar-refractivity contribution in [1.82, 2.24) is 9.88 Å². The van der Waals surface area contributed by atoms with Gasteiger partial charge in [0.25, 0.3) is 0 Å². The van der Waals surface area contributed by atoms with E-state index in [1.807, 2.05) is 49.5 Å². The fraction of sp³-hybridized carbons (Fsp3) is 0.318. The standard InChI is InChI=1S/C22H24N2O2/c1-15(22(25)19-14-23-20-7-4-3-6-18(19)20)24-13-5-8-21(24)16-9-11-17(26-2)12-10-16/h3-4,6-7,9-12,14-15,21,23H,5,8,13H2,1-2H3/t15-,21+/m1/s1. The van der Waals surface area contributed by atoms with Gasteiger partial charge in [0, 0.05) is 28.7 Å². The number of methoxy groups -OCH3 is 1. The van der Waals surface area contributed by atoms with E-state index in [4.69, 9.17) is 4.74 Å². The van der Waals surface area contributed by atoms with Crippen molar-refractivity contribution in [3.05, 3.63) is 65.9 Å². The molecule has 0 spiro atoms. The third-order valence-electron chi connectivity index (χ3n) is 5.53. The number of H-pyrrole nitrogens is 1. The number of aromatic nitrogens is 1. The zero-order chi connectivity index (χ0) is 18.1. The first-order valence-electron chi connectivity index (χ1n) is 9.19. The molecule has 26 heavy (non-hydrogen) atoms. The number of nitrogens with one attached hydrogen (secondary N) is 1. The van der Waals surface area contributed by atoms with E-state index in [1.165, 1.54) is 5.56 Å². The Morgan fingerprint density at radius 2 is 1.96 bits per heavy atom. The summed E-state index contributed by atoms with van der Waals surface area (Å²) in [5.74, 6) is 1.05. The minimum atomic E-state index is -0.149. The monoisotopic (exact) mass is 348 g/mol. The molecule has 1 aromatic heterocycles. The summed E-state index contributed by atoms with van der Waals surface area (Å²) >= 11 is 0. The molecule has 134 valence electrons. The van der Waals surface area contributed by atoms with E-state index in [1.54, 1.807) is 7.11 Å². The fourth-order valence-electron chi connectivity index (χ4n) is 4.09.